The summed E-state index contributed by atoms with van der Waals surface area (Å²) in [7, 11) is 1.45. The second kappa shape index (κ2) is 8.65. The third-order valence-electron chi connectivity index (χ3n) is 4.92. The summed E-state index contributed by atoms with van der Waals surface area (Å²) in [6.45, 7) is 1.90. The standard InChI is InChI=1S/C24H17Cl2FN2O3/c1-13-4-3-5-14(10-13)23-28-21(24(30)31)22(17-11-15(25)7-9-20(17)32-2)29(23)19-12-16(26)6-8-18(19)27/h3-12H,1-2H3,(H,30,31). The zero-order chi connectivity index (χ0) is 23.0. The van der Waals surface area contributed by atoms with Crippen LogP contribution in [0.15, 0.2) is 60.7 Å². The van der Waals surface area contributed by atoms with Crippen molar-refractivity contribution >= 4 is 29.2 Å². The fourth-order valence-electron chi connectivity index (χ4n) is 3.55. The number of imidazole rings is 1. The molecule has 0 aliphatic rings. The molecule has 0 saturated heterocycles. The van der Waals surface area contributed by atoms with Gasteiger partial charge >= 0.3 is 5.97 Å². The molecule has 5 nitrogen and oxygen atoms in total. The minimum Gasteiger partial charge on any atom is -0.496 e. The quantitative estimate of drug-likeness (QED) is 0.353. The maximum atomic E-state index is 15.1. The number of benzene rings is 3. The smallest absolute Gasteiger partial charge is 0.356 e. The molecule has 0 atom stereocenters. The van der Waals surface area contributed by atoms with Crippen LogP contribution >= 0.6 is 23.2 Å². The molecule has 1 heterocycles. The van der Waals surface area contributed by atoms with Crippen LogP contribution in [-0.2, 0) is 0 Å². The van der Waals surface area contributed by atoms with Crippen LogP contribution < -0.4 is 4.74 Å². The van der Waals surface area contributed by atoms with Crippen LogP contribution in [0.4, 0.5) is 4.39 Å². The molecule has 0 fully saturated rings. The molecule has 0 radical (unpaired) electrons. The highest BCUT2D eigenvalue weighted by atomic mass is 35.5. The first-order valence-electron chi connectivity index (χ1n) is 9.52. The number of hydrogen-bond acceptors (Lipinski definition) is 3. The van der Waals surface area contributed by atoms with E-state index >= 15 is 4.39 Å². The predicted octanol–water partition coefficient (Wildman–Crippen LogP) is 6.67. The van der Waals surface area contributed by atoms with Gasteiger partial charge in [0, 0.05) is 21.2 Å². The fourth-order valence-corrected chi connectivity index (χ4v) is 3.89. The molecule has 0 unspecified atom stereocenters. The summed E-state index contributed by atoms with van der Waals surface area (Å²) in [5.41, 5.74) is 1.78. The average Bonchev–Trinajstić information content (AvgIpc) is 3.16. The first-order valence-corrected chi connectivity index (χ1v) is 10.3. The first-order chi connectivity index (χ1) is 15.3. The van der Waals surface area contributed by atoms with E-state index in [-0.39, 0.29) is 27.9 Å². The van der Waals surface area contributed by atoms with Crippen molar-refractivity contribution in [3.05, 3.63) is 87.8 Å². The number of hydrogen-bond donors (Lipinski definition) is 1. The molecule has 3 aromatic carbocycles. The topological polar surface area (TPSA) is 64.3 Å². The lowest BCUT2D eigenvalue weighted by Gasteiger charge is -2.16. The van der Waals surface area contributed by atoms with E-state index < -0.39 is 11.8 Å². The summed E-state index contributed by atoms with van der Waals surface area (Å²) in [4.78, 5) is 16.7. The number of methoxy groups -OCH3 is 1. The van der Waals surface area contributed by atoms with Crippen LogP contribution in [0.5, 0.6) is 5.75 Å². The highest BCUT2D eigenvalue weighted by molar-refractivity contribution is 6.31. The molecule has 0 amide bonds. The van der Waals surface area contributed by atoms with Gasteiger partial charge in [-0.2, -0.15) is 0 Å². The van der Waals surface area contributed by atoms with E-state index in [9.17, 15) is 9.90 Å². The van der Waals surface area contributed by atoms with Gasteiger partial charge in [0.2, 0.25) is 0 Å². The SMILES string of the molecule is COc1ccc(Cl)cc1-c1c(C(=O)O)nc(-c2cccc(C)c2)n1-c1cc(Cl)ccc1F. The largest absolute Gasteiger partial charge is 0.496 e. The molecule has 0 bridgehead atoms. The molecular formula is C24H17Cl2FN2O3. The van der Waals surface area contributed by atoms with Crippen molar-refractivity contribution in [2.45, 2.75) is 6.92 Å². The van der Waals surface area contributed by atoms with Gasteiger partial charge in [0.15, 0.2) is 5.69 Å². The number of aromatic carboxylic acids is 1. The lowest BCUT2D eigenvalue weighted by atomic mass is 10.1. The molecule has 1 aromatic heterocycles. The molecule has 4 aromatic rings. The normalized spacial score (nSPS) is 10.9. The van der Waals surface area contributed by atoms with Crippen LogP contribution in [-0.4, -0.2) is 27.7 Å². The van der Waals surface area contributed by atoms with E-state index in [0.29, 0.717) is 21.9 Å². The van der Waals surface area contributed by atoms with Crippen LogP contribution in [0.3, 0.4) is 0 Å². The molecule has 4 rings (SSSR count). The number of aromatic nitrogens is 2. The van der Waals surface area contributed by atoms with Gasteiger partial charge in [0.1, 0.15) is 17.4 Å². The summed E-state index contributed by atoms with van der Waals surface area (Å²) < 4.78 is 22.0. The number of carboxylic acids is 1. The van der Waals surface area contributed by atoms with Gasteiger partial charge in [-0.25, -0.2) is 14.2 Å². The van der Waals surface area contributed by atoms with Gasteiger partial charge in [-0.05, 0) is 49.4 Å². The molecule has 0 aliphatic carbocycles. The first kappa shape index (κ1) is 21.9. The Morgan fingerprint density at radius 1 is 1.06 bits per heavy atom. The van der Waals surface area contributed by atoms with Gasteiger partial charge in [-0.15, -0.1) is 0 Å². The van der Waals surface area contributed by atoms with Crippen molar-refractivity contribution in [1.82, 2.24) is 9.55 Å². The maximum Gasteiger partial charge on any atom is 0.356 e. The second-order valence-corrected chi connectivity index (χ2v) is 7.96. The number of aryl methyl sites for hydroxylation is 1. The van der Waals surface area contributed by atoms with Crippen molar-refractivity contribution in [2.75, 3.05) is 7.11 Å². The van der Waals surface area contributed by atoms with E-state index in [1.54, 1.807) is 24.3 Å². The van der Waals surface area contributed by atoms with Crippen molar-refractivity contribution in [2.24, 2.45) is 0 Å². The number of rotatable bonds is 5. The number of halogens is 3. The Kier molecular flexibility index (Phi) is 5.91. The molecule has 1 N–H and O–H groups in total. The van der Waals surface area contributed by atoms with E-state index in [4.69, 9.17) is 27.9 Å². The van der Waals surface area contributed by atoms with E-state index in [1.165, 1.54) is 29.9 Å². The Labute approximate surface area is 193 Å². The number of carbonyl (C=O) groups is 1. The van der Waals surface area contributed by atoms with E-state index in [1.807, 2.05) is 25.1 Å². The Morgan fingerprint density at radius 3 is 2.47 bits per heavy atom. The van der Waals surface area contributed by atoms with Gasteiger partial charge in [0.05, 0.1) is 18.5 Å². The van der Waals surface area contributed by atoms with Crippen molar-refractivity contribution in [1.29, 1.82) is 0 Å². The Balaban J connectivity index is 2.19. The molecule has 32 heavy (non-hydrogen) atoms. The zero-order valence-corrected chi connectivity index (χ0v) is 18.6. The second-order valence-electron chi connectivity index (χ2n) is 7.08. The van der Waals surface area contributed by atoms with Gasteiger partial charge < -0.3 is 9.84 Å². The molecular weight excluding hydrogens is 454 g/mol. The lowest BCUT2D eigenvalue weighted by Crippen LogP contribution is -2.06. The third kappa shape index (κ3) is 3.95. The highest BCUT2D eigenvalue weighted by Crippen LogP contribution is 2.40. The average molecular weight is 471 g/mol. The Morgan fingerprint density at radius 2 is 1.78 bits per heavy atom. The van der Waals surface area contributed by atoms with Crippen molar-refractivity contribution < 1.29 is 19.0 Å². The van der Waals surface area contributed by atoms with Crippen LogP contribution in [0.2, 0.25) is 10.0 Å². The van der Waals surface area contributed by atoms with Gasteiger partial charge in [-0.1, -0.05) is 47.0 Å². The monoisotopic (exact) mass is 470 g/mol. The fraction of sp³-hybridized carbons (Fsp3) is 0.0833. The van der Waals surface area contributed by atoms with E-state index in [2.05, 4.69) is 4.98 Å². The Hall–Kier alpha value is -3.35. The third-order valence-corrected chi connectivity index (χ3v) is 5.39. The maximum absolute atomic E-state index is 15.1. The number of nitrogens with zero attached hydrogens (tertiary/aromatic N) is 2. The Bertz CT molecular complexity index is 1350. The number of ether oxygens (including phenoxy) is 1. The molecule has 162 valence electrons. The number of carboxylic acid groups (broad SMARTS) is 1. The van der Waals surface area contributed by atoms with Gasteiger partial charge in [-0.3, -0.25) is 4.57 Å². The summed E-state index contributed by atoms with van der Waals surface area (Å²) in [6.07, 6.45) is 0. The zero-order valence-electron chi connectivity index (χ0n) is 17.1. The van der Waals surface area contributed by atoms with Crippen LogP contribution in [0.1, 0.15) is 16.1 Å². The molecule has 0 spiro atoms. The molecule has 8 heteroatoms. The summed E-state index contributed by atoms with van der Waals surface area (Å²) >= 11 is 12.4. The lowest BCUT2D eigenvalue weighted by molar-refractivity contribution is 0.0692. The van der Waals surface area contributed by atoms with Crippen molar-refractivity contribution in [3.63, 3.8) is 0 Å². The minimum atomic E-state index is -1.28. The van der Waals surface area contributed by atoms with Gasteiger partial charge in [0.25, 0.3) is 0 Å². The summed E-state index contributed by atoms with van der Waals surface area (Å²) in [6, 6.07) is 16.2. The van der Waals surface area contributed by atoms with E-state index in [0.717, 1.165) is 5.56 Å². The summed E-state index contributed by atoms with van der Waals surface area (Å²) in [5.74, 6) is -1.28. The van der Waals surface area contributed by atoms with Crippen molar-refractivity contribution in [3.8, 4) is 34.1 Å². The minimum absolute atomic E-state index is 0.0473. The summed E-state index contributed by atoms with van der Waals surface area (Å²) in [5, 5.41) is 10.6. The van der Waals surface area contributed by atoms with Crippen LogP contribution in [0, 0.1) is 12.7 Å². The molecule has 0 saturated carbocycles. The highest BCUT2D eigenvalue weighted by Gasteiger charge is 2.28. The molecule has 0 aliphatic heterocycles. The van der Waals surface area contributed by atoms with Crippen LogP contribution in [0.25, 0.3) is 28.3 Å². The predicted molar refractivity (Wildman–Crippen MR) is 123 cm³/mol.